The summed E-state index contributed by atoms with van der Waals surface area (Å²) < 4.78 is 5.85. The molecule has 0 unspecified atom stereocenters. The molecule has 0 aliphatic carbocycles. The largest absolute Gasteiger partial charge is 0.494 e. The number of pyridine rings is 1. The average Bonchev–Trinajstić information content (AvgIpc) is 2.93. The zero-order valence-corrected chi connectivity index (χ0v) is 20.4. The lowest BCUT2D eigenvalue weighted by Gasteiger charge is -2.35. The summed E-state index contributed by atoms with van der Waals surface area (Å²) in [5.74, 6) is 1.24. The summed E-state index contributed by atoms with van der Waals surface area (Å²) in [5, 5.41) is 0.734. The predicted molar refractivity (Wildman–Crippen MR) is 143 cm³/mol. The van der Waals surface area contributed by atoms with E-state index < -0.39 is 0 Å². The van der Waals surface area contributed by atoms with E-state index in [4.69, 9.17) is 15.5 Å². The van der Waals surface area contributed by atoms with E-state index in [9.17, 15) is 4.79 Å². The highest BCUT2D eigenvalue weighted by Crippen LogP contribution is 2.37. The first kappa shape index (κ1) is 23.5. The fraction of sp³-hybridized carbons (Fsp3) is 0.286. The van der Waals surface area contributed by atoms with Gasteiger partial charge in [-0.2, -0.15) is 0 Å². The highest BCUT2D eigenvalue weighted by Gasteiger charge is 2.21. The molecule has 1 aliphatic heterocycles. The van der Waals surface area contributed by atoms with Crippen molar-refractivity contribution in [2.75, 3.05) is 43.4 Å². The van der Waals surface area contributed by atoms with Gasteiger partial charge in [0.25, 0.3) is 0 Å². The zero-order valence-electron chi connectivity index (χ0n) is 20.4. The molecule has 0 saturated carbocycles. The zero-order chi connectivity index (χ0) is 24.9. The van der Waals surface area contributed by atoms with Crippen LogP contribution in [0.1, 0.15) is 19.8 Å². The maximum atomic E-state index is 11.2. The van der Waals surface area contributed by atoms with Gasteiger partial charge in [-0.3, -0.25) is 4.79 Å². The summed E-state index contributed by atoms with van der Waals surface area (Å²) in [5.41, 5.74) is 11.7. The predicted octanol–water partition coefficient (Wildman–Crippen LogP) is 4.40. The van der Waals surface area contributed by atoms with E-state index in [1.807, 2.05) is 36.4 Å². The fourth-order valence-corrected chi connectivity index (χ4v) is 4.55. The van der Waals surface area contributed by atoms with Crippen LogP contribution in [-0.4, -0.2) is 59.0 Å². The van der Waals surface area contributed by atoms with Crippen molar-refractivity contribution in [1.82, 2.24) is 19.9 Å². The Bertz CT molecular complexity index is 1350. The molecule has 1 saturated heterocycles. The molecule has 0 spiro atoms. The summed E-state index contributed by atoms with van der Waals surface area (Å²) in [4.78, 5) is 28.9. The molecule has 2 aromatic heterocycles. The number of aromatic nitrogens is 3. The normalized spacial score (nSPS) is 13.7. The molecule has 1 amide bonds. The van der Waals surface area contributed by atoms with E-state index in [0.29, 0.717) is 31.2 Å². The van der Waals surface area contributed by atoms with Gasteiger partial charge in [0.2, 0.25) is 6.41 Å². The third-order valence-corrected chi connectivity index (χ3v) is 6.55. The molecule has 8 nitrogen and oxygen atoms in total. The van der Waals surface area contributed by atoms with Crippen LogP contribution in [0, 0.1) is 0 Å². The molecule has 0 bridgehead atoms. The number of nitrogens with two attached hydrogens (primary N) is 1. The highest BCUT2D eigenvalue weighted by atomic mass is 16.5. The third kappa shape index (κ3) is 4.79. The highest BCUT2D eigenvalue weighted by molar-refractivity contribution is 6.01. The minimum Gasteiger partial charge on any atom is -0.494 e. The second-order valence-electron chi connectivity index (χ2n) is 8.88. The lowest BCUT2D eigenvalue weighted by Crippen LogP contribution is -2.45. The third-order valence-electron chi connectivity index (χ3n) is 6.55. The summed E-state index contributed by atoms with van der Waals surface area (Å²) >= 11 is 0. The summed E-state index contributed by atoms with van der Waals surface area (Å²) in [6, 6.07) is 18.3. The van der Waals surface area contributed by atoms with Gasteiger partial charge in [0.05, 0.1) is 17.7 Å². The lowest BCUT2D eigenvalue weighted by atomic mass is 9.98. The van der Waals surface area contributed by atoms with Crippen molar-refractivity contribution in [1.29, 1.82) is 0 Å². The van der Waals surface area contributed by atoms with Gasteiger partial charge >= 0.3 is 0 Å². The van der Waals surface area contributed by atoms with E-state index in [1.54, 1.807) is 4.90 Å². The van der Waals surface area contributed by atoms with Crippen LogP contribution in [0.3, 0.4) is 0 Å². The van der Waals surface area contributed by atoms with E-state index in [2.05, 4.69) is 40.0 Å². The van der Waals surface area contributed by atoms with Crippen LogP contribution < -0.4 is 15.4 Å². The molecule has 2 aromatic carbocycles. The first-order valence-corrected chi connectivity index (χ1v) is 12.4. The maximum absolute atomic E-state index is 11.2. The Morgan fingerprint density at radius 1 is 1.00 bits per heavy atom. The quantitative estimate of drug-likeness (QED) is 0.294. The van der Waals surface area contributed by atoms with Crippen molar-refractivity contribution in [2.45, 2.75) is 19.8 Å². The maximum Gasteiger partial charge on any atom is 0.209 e. The van der Waals surface area contributed by atoms with Crippen LogP contribution in [0.25, 0.3) is 33.4 Å². The molecule has 0 radical (unpaired) electrons. The van der Waals surface area contributed by atoms with Gasteiger partial charge in [-0.15, -0.1) is 0 Å². The Balaban J connectivity index is 1.57. The van der Waals surface area contributed by atoms with Crippen molar-refractivity contribution in [2.24, 2.45) is 0 Å². The van der Waals surface area contributed by atoms with E-state index in [0.717, 1.165) is 71.5 Å². The number of piperazine rings is 1. The Kier molecular flexibility index (Phi) is 6.93. The lowest BCUT2D eigenvalue weighted by molar-refractivity contribution is -0.118. The van der Waals surface area contributed by atoms with E-state index in [1.165, 1.54) is 6.33 Å². The van der Waals surface area contributed by atoms with E-state index >= 15 is 0 Å². The Labute approximate surface area is 210 Å². The number of fused-ring (bicyclic) bond motifs is 1. The molecule has 1 fully saturated rings. The summed E-state index contributed by atoms with van der Waals surface area (Å²) in [6.07, 6.45) is 4.49. The molecule has 5 rings (SSSR count). The number of hydrogen-bond donors (Lipinski definition) is 1. The minimum absolute atomic E-state index is 0.399. The number of para-hydroxylation sites is 1. The van der Waals surface area contributed by atoms with Crippen LogP contribution in [-0.2, 0) is 4.79 Å². The van der Waals surface area contributed by atoms with Crippen LogP contribution in [0.2, 0.25) is 0 Å². The number of benzene rings is 2. The molecular formula is C28H30N6O2. The van der Waals surface area contributed by atoms with Crippen molar-refractivity contribution in [3.8, 4) is 28.1 Å². The number of ether oxygens (including phenoxy) is 1. The van der Waals surface area contributed by atoms with Gasteiger partial charge in [-0.05, 0) is 41.8 Å². The summed E-state index contributed by atoms with van der Waals surface area (Å²) in [7, 11) is 0. The molecule has 36 heavy (non-hydrogen) atoms. The van der Waals surface area contributed by atoms with Crippen molar-refractivity contribution >= 4 is 28.9 Å². The van der Waals surface area contributed by atoms with Gasteiger partial charge in [0.1, 0.15) is 17.9 Å². The van der Waals surface area contributed by atoms with Gasteiger partial charge in [0.15, 0.2) is 5.65 Å². The second-order valence-corrected chi connectivity index (χ2v) is 8.88. The Hall–Kier alpha value is -4.20. The number of carbonyl (C=O) groups excluding carboxylic acids is 1. The number of unbranched alkanes of at least 4 members (excludes halogenated alkanes) is 1. The van der Waals surface area contributed by atoms with Crippen LogP contribution in [0.15, 0.2) is 60.9 Å². The minimum atomic E-state index is 0.399. The fourth-order valence-electron chi connectivity index (χ4n) is 4.55. The first-order valence-electron chi connectivity index (χ1n) is 12.4. The number of carbonyl (C=O) groups is 1. The Morgan fingerprint density at radius 3 is 2.53 bits per heavy atom. The number of nitrogens with zero attached hydrogens (tertiary/aromatic N) is 5. The van der Waals surface area contributed by atoms with Crippen molar-refractivity contribution in [3.05, 3.63) is 60.9 Å². The van der Waals surface area contributed by atoms with Gasteiger partial charge in [-0.25, -0.2) is 15.0 Å². The number of hydrogen-bond acceptors (Lipinski definition) is 7. The van der Waals surface area contributed by atoms with Crippen molar-refractivity contribution in [3.63, 3.8) is 0 Å². The SMILES string of the molecule is CCCCOc1ccc(-c2cc(-c3ccccc3N3CCN(C=O)CC3)nc3ncnc(N)c23)cc1. The van der Waals surface area contributed by atoms with Gasteiger partial charge in [-0.1, -0.05) is 43.7 Å². The molecule has 4 aromatic rings. The number of nitrogen functional groups attached to an aromatic ring is 1. The number of rotatable bonds is 8. The smallest absolute Gasteiger partial charge is 0.209 e. The van der Waals surface area contributed by atoms with Crippen LogP contribution >= 0.6 is 0 Å². The van der Waals surface area contributed by atoms with Gasteiger partial charge < -0.3 is 20.3 Å². The molecule has 1 aliphatic rings. The second kappa shape index (κ2) is 10.6. The van der Waals surface area contributed by atoms with E-state index in [-0.39, 0.29) is 0 Å². The van der Waals surface area contributed by atoms with Crippen LogP contribution in [0.4, 0.5) is 11.5 Å². The average molecular weight is 483 g/mol. The molecule has 2 N–H and O–H groups in total. The first-order chi connectivity index (χ1) is 17.7. The number of amides is 1. The van der Waals surface area contributed by atoms with Crippen LogP contribution in [0.5, 0.6) is 5.75 Å². The van der Waals surface area contributed by atoms with Gasteiger partial charge in [0, 0.05) is 37.4 Å². The summed E-state index contributed by atoms with van der Waals surface area (Å²) in [6.45, 7) is 5.79. The Morgan fingerprint density at radius 2 is 1.78 bits per heavy atom. The monoisotopic (exact) mass is 482 g/mol. The molecular weight excluding hydrogens is 452 g/mol. The van der Waals surface area contributed by atoms with Crippen molar-refractivity contribution < 1.29 is 9.53 Å². The topological polar surface area (TPSA) is 97.5 Å². The molecule has 184 valence electrons. The molecule has 0 atom stereocenters. The molecule has 8 heteroatoms. The number of anilines is 2. The standard InChI is InChI=1S/C28H30N6O2/c1-2-3-16-36-21-10-8-20(9-11-21)23-17-24(32-28-26(23)27(29)30-18-31-28)22-6-4-5-7-25(22)34-14-12-33(19-35)13-15-34/h4-11,17-19H,2-3,12-16H2,1H3,(H2,29,30,31,32). The molecule has 3 heterocycles.